The average molecular weight is 229 g/mol. The minimum absolute atomic E-state index is 1.05. The molecule has 16 heavy (non-hydrogen) atoms. The van der Waals surface area contributed by atoms with Crippen molar-refractivity contribution < 1.29 is 0 Å². The first-order valence-corrected chi connectivity index (χ1v) is 6.29. The summed E-state index contributed by atoms with van der Waals surface area (Å²) in [4.78, 5) is 5.57. The Morgan fingerprint density at radius 3 is 2.69 bits per heavy atom. The zero-order chi connectivity index (χ0) is 11.4. The number of benzene rings is 1. The van der Waals surface area contributed by atoms with Crippen LogP contribution in [0.2, 0.25) is 0 Å². The first-order valence-electron chi connectivity index (χ1n) is 5.48. The summed E-state index contributed by atoms with van der Waals surface area (Å²) in [5.74, 6) is 0. The summed E-state index contributed by atoms with van der Waals surface area (Å²) >= 11 is 1.71. The summed E-state index contributed by atoms with van der Waals surface area (Å²) in [7, 11) is 0. The highest BCUT2D eigenvalue weighted by molar-refractivity contribution is 7.99. The van der Waals surface area contributed by atoms with Gasteiger partial charge < -0.3 is 0 Å². The van der Waals surface area contributed by atoms with E-state index in [2.05, 4.69) is 37.0 Å². The maximum absolute atomic E-state index is 4.31. The van der Waals surface area contributed by atoms with E-state index in [4.69, 9.17) is 0 Å². The summed E-state index contributed by atoms with van der Waals surface area (Å²) in [6.45, 7) is 4.36. The maximum atomic E-state index is 4.31. The third kappa shape index (κ3) is 2.64. The molecular formula is C14H15NS. The van der Waals surface area contributed by atoms with Gasteiger partial charge in [-0.15, -0.1) is 0 Å². The first-order chi connectivity index (χ1) is 7.79. The van der Waals surface area contributed by atoms with E-state index >= 15 is 0 Å². The van der Waals surface area contributed by atoms with Crippen molar-refractivity contribution in [2.75, 3.05) is 0 Å². The van der Waals surface area contributed by atoms with Gasteiger partial charge in [0.1, 0.15) is 5.03 Å². The van der Waals surface area contributed by atoms with Gasteiger partial charge in [0.05, 0.1) is 0 Å². The van der Waals surface area contributed by atoms with E-state index in [9.17, 15) is 0 Å². The molecule has 1 heterocycles. The van der Waals surface area contributed by atoms with Crippen LogP contribution >= 0.6 is 11.8 Å². The standard InChI is InChI=1S/C14H15NS/c1-3-12-7-8-13(10-11(12)2)16-14-6-4-5-9-15-14/h4-10H,3H2,1-2H3. The molecule has 82 valence electrons. The molecule has 2 rings (SSSR count). The predicted octanol–water partition coefficient (Wildman–Crippen LogP) is 4.10. The van der Waals surface area contributed by atoms with Gasteiger partial charge in [-0.2, -0.15) is 0 Å². The molecule has 0 aliphatic carbocycles. The van der Waals surface area contributed by atoms with E-state index < -0.39 is 0 Å². The molecule has 0 aliphatic heterocycles. The Morgan fingerprint density at radius 2 is 2.06 bits per heavy atom. The van der Waals surface area contributed by atoms with Gasteiger partial charge in [0, 0.05) is 11.1 Å². The number of aryl methyl sites for hydroxylation is 2. The minimum Gasteiger partial charge on any atom is -0.250 e. The first kappa shape index (κ1) is 11.2. The second-order valence-electron chi connectivity index (χ2n) is 3.71. The normalized spacial score (nSPS) is 10.4. The maximum Gasteiger partial charge on any atom is 0.101 e. The van der Waals surface area contributed by atoms with Crippen LogP contribution in [-0.4, -0.2) is 4.98 Å². The molecule has 0 spiro atoms. The fourth-order valence-corrected chi connectivity index (χ4v) is 2.53. The van der Waals surface area contributed by atoms with Crippen LogP contribution in [-0.2, 0) is 6.42 Å². The van der Waals surface area contributed by atoms with Crippen LogP contribution in [0.1, 0.15) is 18.1 Å². The van der Waals surface area contributed by atoms with Gasteiger partial charge >= 0.3 is 0 Å². The van der Waals surface area contributed by atoms with Gasteiger partial charge in [0.2, 0.25) is 0 Å². The van der Waals surface area contributed by atoms with Gasteiger partial charge in [0.15, 0.2) is 0 Å². The smallest absolute Gasteiger partial charge is 0.101 e. The zero-order valence-electron chi connectivity index (χ0n) is 9.60. The van der Waals surface area contributed by atoms with Crippen molar-refractivity contribution in [1.82, 2.24) is 4.98 Å². The summed E-state index contributed by atoms with van der Waals surface area (Å²) in [5, 5.41) is 1.05. The highest BCUT2D eigenvalue weighted by atomic mass is 32.2. The molecule has 0 saturated carbocycles. The molecular weight excluding hydrogens is 214 g/mol. The lowest BCUT2D eigenvalue weighted by Crippen LogP contribution is -1.86. The van der Waals surface area contributed by atoms with Crippen LogP contribution in [0, 0.1) is 6.92 Å². The fourth-order valence-electron chi connectivity index (χ4n) is 1.66. The molecule has 0 amide bonds. The second-order valence-corrected chi connectivity index (χ2v) is 4.81. The van der Waals surface area contributed by atoms with E-state index in [1.807, 2.05) is 24.4 Å². The number of rotatable bonds is 3. The molecule has 1 aromatic heterocycles. The van der Waals surface area contributed by atoms with Gasteiger partial charge in [0.25, 0.3) is 0 Å². The highest BCUT2D eigenvalue weighted by Gasteiger charge is 2.01. The van der Waals surface area contributed by atoms with Gasteiger partial charge in [-0.05, 0) is 48.7 Å². The van der Waals surface area contributed by atoms with Crippen molar-refractivity contribution in [3.8, 4) is 0 Å². The van der Waals surface area contributed by atoms with Crippen molar-refractivity contribution in [2.45, 2.75) is 30.2 Å². The fraction of sp³-hybridized carbons (Fsp3) is 0.214. The number of pyridine rings is 1. The van der Waals surface area contributed by atoms with Crippen LogP contribution in [0.25, 0.3) is 0 Å². The number of aromatic nitrogens is 1. The lowest BCUT2D eigenvalue weighted by atomic mass is 10.1. The lowest BCUT2D eigenvalue weighted by molar-refractivity contribution is 1.09. The Morgan fingerprint density at radius 1 is 1.19 bits per heavy atom. The second kappa shape index (κ2) is 5.17. The van der Waals surface area contributed by atoms with E-state index in [1.54, 1.807) is 11.8 Å². The summed E-state index contributed by atoms with van der Waals surface area (Å²) in [5.41, 5.74) is 2.79. The molecule has 0 N–H and O–H groups in total. The molecule has 0 fully saturated rings. The molecule has 0 unspecified atom stereocenters. The van der Waals surface area contributed by atoms with Crippen molar-refractivity contribution in [3.63, 3.8) is 0 Å². The van der Waals surface area contributed by atoms with Gasteiger partial charge in [-0.25, -0.2) is 4.98 Å². The Kier molecular flexibility index (Phi) is 3.62. The minimum atomic E-state index is 1.05. The quantitative estimate of drug-likeness (QED) is 0.785. The Bertz CT molecular complexity index is 465. The van der Waals surface area contributed by atoms with Gasteiger partial charge in [-0.1, -0.05) is 30.8 Å². The van der Waals surface area contributed by atoms with Crippen molar-refractivity contribution in [1.29, 1.82) is 0 Å². The SMILES string of the molecule is CCc1ccc(Sc2ccccn2)cc1C. The van der Waals surface area contributed by atoms with Crippen molar-refractivity contribution >= 4 is 11.8 Å². The number of hydrogen-bond acceptors (Lipinski definition) is 2. The Labute approximate surface area is 101 Å². The monoisotopic (exact) mass is 229 g/mol. The molecule has 0 atom stereocenters. The van der Waals surface area contributed by atoms with Crippen molar-refractivity contribution in [3.05, 3.63) is 53.7 Å². The van der Waals surface area contributed by atoms with Crippen LogP contribution < -0.4 is 0 Å². The topological polar surface area (TPSA) is 12.9 Å². The third-order valence-electron chi connectivity index (χ3n) is 2.56. The predicted molar refractivity (Wildman–Crippen MR) is 68.9 cm³/mol. The van der Waals surface area contributed by atoms with Gasteiger partial charge in [-0.3, -0.25) is 0 Å². The largest absolute Gasteiger partial charge is 0.250 e. The molecule has 0 saturated heterocycles. The van der Waals surface area contributed by atoms with Crippen LogP contribution in [0.4, 0.5) is 0 Å². The molecule has 0 radical (unpaired) electrons. The number of hydrogen-bond donors (Lipinski definition) is 0. The van der Waals surface area contributed by atoms with Crippen LogP contribution in [0.5, 0.6) is 0 Å². The van der Waals surface area contributed by atoms with E-state index in [0.29, 0.717) is 0 Å². The molecule has 1 aromatic carbocycles. The Hall–Kier alpha value is -1.28. The summed E-state index contributed by atoms with van der Waals surface area (Å²) < 4.78 is 0. The molecule has 0 aliphatic rings. The number of nitrogens with zero attached hydrogens (tertiary/aromatic N) is 1. The summed E-state index contributed by atoms with van der Waals surface area (Å²) in [6, 6.07) is 12.6. The molecule has 1 nitrogen and oxygen atoms in total. The summed E-state index contributed by atoms with van der Waals surface area (Å²) in [6.07, 6.45) is 2.93. The van der Waals surface area contributed by atoms with E-state index in [1.165, 1.54) is 16.0 Å². The third-order valence-corrected chi connectivity index (χ3v) is 3.50. The van der Waals surface area contributed by atoms with Crippen LogP contribution in [0.15, 0.2) is 52.5 Å². The average Bonchev–Trinajstić information content (AvgIpc) is 2.31. The van der Waals surface area contributed by atoms with E-state index in [-0.39, 0.29) is 0 Å². The zero-order valence-corrected chi connectivity index (χ0v) is 10.4. The van der Waals surface area contributed by atoms with Crippen molar-refractivity contribution in [2.24, 2.45) is 0 Å². The molecule has 0 bridgehead atoms. The Balaban J connectivity index is 2.20. The van der Waals surface area contributed by atoms with Crippen LogP contribution in [0.3, 0.4) is 0 Å². The molecule has 2 heteroatoms. The highest BCUT2D eigenvalue weighted by Crippen LogP contribution is 2.27. The molecule has 2 aromatic rings. The lowest BCUT2D eigenvalue weighted by Gasteiger charge is -2.05. The van der Waals surface area contributed by atoms with E-state index in [0.717, 1.165) is 11.4 Å².